The van der Waals surface area contributed by atoms with Gasteiger partial charge in [-0.2, -0.15) is 0 Å². The summed E-state index contributed by atoms with van der Waals surface area (Å²) < 4.78 is 7.51. The summed E-state index contributed by atoms with van der Waals surface area (Å²) in [4.78, 5) is 17.2. The highest BCUT2D eigenvalue weighted by Gasteiger charge is 2.23. The molecule has 0 saturated heterocycles. The fourth-order valence-electron chi connectivity index (χ4n) is 3.29. The van der Waals surface area contributed by atoms with Gasteiger partial charge in [0, 0.05) is 34.7 Å². The first-order valence-electron chi connectivity index (χ1n) is 9.36. The first-order chi connectivity index (χ1) is 14.2. The van der Waals surface area contributed by atoms with Gasteiger partial charge in [-0.25, -0.2) is 0 Å². The number of hydrogen-bond donors (Lipinski definition) is 0. The molecular formula is C23H22N2O2S2. The number of thioether (sulfide) groups is 1. The van der Waals surface area contributed by atoms with E-state index in [9.17, 15) is 4.79 Å². The van der Waals surface area contributed by atoms with Crippen molar-refractivity contribution in [3.05, 3.63) is 78.4 Å². The summed E-state index contributed by atoms with van der Waals surface area (Å²) in [7, 11) is 3.68. The normalized spacial score (nSPS) is 13.0. The zero-order valence-corrected chi connectivity index (χ0v) is 18.0. The number of anilines is 2. The van der Waals surface area contributed by atoms with E-state index in [0.29, 0.717) is 5.56 Å². The Labute approximate surface area is 180 Å². The third kappa shape index (κ3) is 4.23. The molecule has 0 spiro atoms. The van der Waals surface area contributed by atoms with E-state index in [-0.39, 0.29) is 5.91 Å². The van der Waals surface area contributed by atoms with E-state index in [2.05, 4.69) is 10.4 Å². The van der Waals surface area contributed by atoms with Crippen LogP contribution in [0.1, 0.15) is 10.4 Å². The molecule has 1 aliphatic heterocycles. The monoisotopic (exact) mass is 422 g/mol. The molecule has 1 heterocycles. The van der Waals surface area contributed by atoms with Crippen molar-refractivity contribution in [3.8, 4) is 5.75 Å². The maximum absolute atomic E-state index is 13.1. The summed E-state index contributed by atoms with van der Waals surface area (Å²) in [6, 6.07) is 23.8. The van der Waals surface area contributed by atoms with Gasteiger partial charge in [0.1, 0.15) is 5.75 Å². The second-order valence-corrected chi connectivity index (χ2v) is 8.90. The van der Waals surface area contributed by atoms with Crippen molar-refractivity contribution in [1.82, 2.24) is 0 Å². The largest absolute Gasteiger partial charge is 0.495 e. The lowest BCUT2D eigenvalue weighted by atomic mass is 10.1. The Bertz CT molecular complexity index is 1010. The second kappa shape index (κ2) is 8.84. The van der Waals surface area contributed by atoms with Crippen LogP contribution >= 0.6 is 23.7 Å². The molecule has 1 aliphatic rings. The molecular weight excluding hydrogens is 400 g/mol. The van der Waals surface area contributed by atoms with E-state index in [4.69, 9.17) is 4.74 Å². The van der Waals surface area contributed by atoms with Crippen molar-refractivity contribution in [1.29, 1.82) is 0 Å². The number of para-hydroxylation sites is 3. The van der Waals surface area contributed by atoms with Gasteiger partial charge in [-0.1, -0.05) is 24.3 Å². The minimum absolute atomic E-state index is 0.0485. The van der Waals surface area contributed by atoms with Crippen molar-refractivity contribution < 1.29 is 9.53 Å². The van der Waals surface area contributed by atoms with Gasteiger partial charge in [0.25, 0.3) is 5.91 Å². The summed E-state index contributed by atoms with van der Waals surface area (Å²) >= 11 is 3.40. The molecule has 6 heteroatoms. The van der Waals surface area contributed by atoms with Crippen molar-refractivity contribution in [2.24, 2.45) is 0 Å². The molecule has 3 aromatic rings. The maximum Gasteiger partial charge on any atom is 0.258 e. The first kappa shape index (κ1) is 19.7. The first-order valence-corrected chi connectivity index (χ1v) is 11.1. The number of methoxy groups -OCH3 is 1. The molecule has 0 unspecified atom stereocenters. The zero-order chi connectivity index (χ0) is 20.2. The molecule has 0 aliphatic carbocycles. The molecule has 4 rings (SSSR count). The van der Waals surface area contributed by atoms with Crippen LogP contribution in [0.4, 0.5) is 11.4 Å². The van der Waals surface area contributed by atoms with Crippen LogP contribution in [0, 0.1) is 0 Å². The zero-order valence-electron chi connectivity index (χ0n) is 16.4. The van der Waals surface area contributed by atoms with Gasteiger partial charge in [0.05, 0.1) is 18.5 Å². The number of fused-ring (bicyclic) bond motifs is 1. The minimum Gasteiger partial charge on any atom is -0.495 e. The molecule has 0 fully saturated rings. The lowest BCUT2D eigenvalue weighted by molar-refractivity contribution is 0.0987. The minimum atomic E-state index is 0.0485. The molecule has 4 nitrogen and oxygen atoms in total. The van der Waals surface area contributed by atoms with Crippen LogP contribution in [0.15, 0.2) is 82.6 Å². The van der Waals surface area contributed by atoms with Crippen LogP contribution in [0.3, 0.4) is 0 Å². The number of hydrogen-bond acceptors (Lipinski definition) is 5. The topological polar surface area (TPSA) is 32.8 Å². The average molecular weight is 423 g/mol. The number of amides is 1. The molecule has 0 N–H and O–H groups in total. The van der Waals surface area contributed by atoms with Gasteiger partial charge < -0.3 is 13.9 Å². The predicted molar refractivity (Wildman–Crippen MR) is 123 cm³/mol. The predicted octanol–water partition coefficient (Wildman–Crippen LogP) is 5.59. The number of carbonyl (C=O) groups is 1. The molecule has 29 heavy (non-hydrogen) atoms. The standard InChI is InChI=1S/C23H22N2O2S2/c1-24(19-7-3-5-9-21(19)27-2)29-18-13-11-17(12-14-18)23(26)25-15-16-28-22-10-6-4-8-20(22)25/h3-14H,15-16H2,1-2H3. The Morgan fingerprint density at radius 3 is 2.55 bits per heavy atom. The fraction of sp³-hybridized carbons (Fsp3) is 0.174. The Hall–Kier alpha value is -2.57. The number of ether oxygens (including phenoxy) is 1. The highest BCUT2D eigenvalue weighted by molar-refractivity contribution is 8.00. The van der Waals surface area contributed by atoms with Crippen LogP contribution in [0.25, 0.3) is 0 Å². The number of nitrogens with zero attached hydrogens (tertiary/aromatic N) is 2. The van der Waals surface area contributed by atoms with E-state index in [1.807, 2.05) is 78.7 Å². The quantitative estimate of drug-likeness (QED) is 0.501. The molecule has 0 radical (unpaired) electrons. The Morgan fingerprint density at radius 2 is 1.76 bits per heavy atom. The lowest BCUT2D eigenvalue weighted by Gasteiger charge is -2.29. The van der Waals surface area contributed by atoms with Gasteiger partial charge >= 0.3 is 0 Å². The van der Waals surface area contributed by atoms with Gasteiger partial charge in [-0.3, -0.25) is 4.79 Å². The molecule has 0 bridgehead atoms. The van der Waals surface area contributed by atoms with Crippen molar-refractivity contribution in [3.63, 3.8) is 0 Å². The Balaban J connectivity index is 1.49. The Kier molecular flexibility index (Phi) is 6.02. The lowest BCUT2D eigenvalue weighted by Crippen LogP contribution is -2.35. The van der Waals surface area contributed by atoms with Gasteiger partial charge in [0.15, 0.2) is 0 Å². The van der Waals surface area contributed by atoms with Crippen molar-refractivity contribution in [2.75, 3.05) is 35.7 Å². The SMILES string of the molecule is COc1ccccc1N(C)Sc1ccc(C(=O)N2CCSc3ccccc32)cc1. The van der Waals surface area contributed by atoms with Gasteiger partial charge in [-0.15, -0.1) is 11.8 Å². The average Bonchev–Trinajstić information content (AvgIpc) is 2.78. The highest BCUT2D eigenvalue weighted by Crippen LogP contribution is 2.36. The summed E-state index contributed by atoms with van der Waals surface area (Å²) in [5.41, 5.74) is 2.71. The molecule has 3 aromatic carbocycles. The maximum atomic E-state index is 13.1. The van der Waals surface area contributed by atoms with Crippen LogP contribution in [-0.2, 0) is 0 Å². The third-order valence-electron chi connectivity index (χ3n) is 4.74. The van der Waals surface area contributed by atoms with E-state index < -0.39 is 0 Å². The van der Waals surface area contributed by atoms with Gasteiger partial charge in [-0.05, 0) is 60.5 Å². The number of benzene rings is 3. The van der Waals surface area contributed by atoms with Crippen LogP contribution in [-0.4, -0.2) is 32.4 Å². The van der Waals surface area contributed by atoms with E-state index in [0.717, 1.165) is 39.2 Å². The molecule has 0 aromatic heterocycles. The molecule has 1 amide bonds. The molecule has 0 saturated carbocycles. The number of rotatable bonds is 5. The molecule has 148 valence electrons. The highest BCUT2D eigenvalue weighted by atomic mass is 32.2. The summed E-state index contributed by atoms with van der Waals surface area (Å²) in [5.74, 6) is 1.80. The molecule has 0 atom stereocenters. The van der Waals surface area contributed by atoms with E-state index in [1.165, 1.54) is 0 Å². The van der Waals surface area contributed by atoms with Crippen LogP contribution in [0.2, 0.25) is 0 Å². The van der Waals surface area contributed by atoms with Crippen LogP contribution in [0.5, 0.6) is 5.75 Å². The summed E-state index contributed by atoms with van der Waals surface area (Å²) in [6.45, 7) is 0.730. The van der Waals surface area contributed by atoms with Crippen LogP contribution < -0.4 is 13.9 Å². The number of carbonyl (C=O) groups excluding carboxylic acids is 1. The fourth-order valence-corrected chi connectivity index (χ4v) is 5.11. The smallest absolute Gasteiger partial charge is 0.258 e. The third-order valence-corrected chi connectivity index (χ3v) is 6.74. The second-order valence-electron chi connectivity index (χ2n) is 6.56. The summed E-state index contributed by atoms with van der Waals surface area (Å²) in [6.07, 6.45) is 0. The van der Waals surface area contributed by atoms with Gasteiger partial charge in [0.2, 0.25) is 0 Å². The van der Waals surface area contributed by atoms with E-state index in [1.54, 1.807) is 30.8 Å². The van der Waals surface area contributed by atoms with Crippen molar-refractivity contribution >= 4 is 41.0 Å². The Morgan fingerprint density at radius 1 is 1.03 bits per heavy atom. The summed E-state index contributed by atoms with van der Waals surface area (Å²) in [5, 5.41) is 0. The van der Waals surface area contributed by atoms with Crippen molar-refractivity contribution in [2.45, 2.75) is 9.79 Å². The van der Waals surface area contributed by atoms with E-state index >= 15 is 0 Å².